The molecule has 0 radical (unpaired) electrons. The van der Waals surface area contributed by atoms with E-state index < -0.39 is 0 Å². The van der Waals surface area contributed by atoms with Gasteiger partial charge in [-0.15, -0.1) is 0 Å². The van der Waals surface area contributed by atoms with Crippen molar-refractivity contribution in [3.8, 4) is 11.5 Å². The molecule has 20 heavy (non-hydrogen) atoms. The highest BCUT2D eigenvalue weighted by molar-refractivity contribution is 5.43. The van der Waals surface area contributed by atoms with Crippen LogP contribution in [0.1, 0.15) is 32.3 Å². The minimum atomic E-state index is 0.334. The van der Waals surface area contributed by atoms with Crippen LogP contribution >= 0.6 is 0 Å². The average molecular weight is 279 g/mol. The van der Waals surface area contributed by atoms with Gasteiger partial charge in [0.1, 0.15) is 13.2 Å². The molecule has 1 aliphatic heterocycles. The predicted octanol–water partition coefficient (Wildman–Crippen LogP) is 2.75. The molecule has 1 heterocycles. The molecule has 0 atom stereocenters. The van der Waals surface area contributed by atoms with Crippen molar-refractivity contribution >= 4 is 0 Å². The molecule has 4 nitrogen and oxygen atoms in total. The lowest BCUT2D eigenvalue weighted by atomic mass is 10.2. The Morgan fingerprint density at radius 3 is 2.75 bits per heavy atom. The monoisotopic (exact) mass is 279 g/mol. The van der Waals surface area contributed by atoms with Crippen LogP contribution in [0.2, 0.25) is 0 Å². The van der Waals surface area contributed by atoms with E-state index in [0.717, 1.165) is 44.0 Å². The zero-order valence-electron chi connectivity index (χ0n) is 12.5. The number of benzene rings is 1. The quantitative estimate of drug-likeness (QED) is 0.743. The van der Waals surface area contributed by atoms with E-state index in [9.17, 15) is 0 Å². The molecule has 1 aromatic rings. The number of hydrogen-bond donors (Lipinski definition) is 1. The van der Waals surface area contributed by atoms with Crippen molar-refractivity contribution in [2.24, 2.45) is 0 Å². The first-order valence-electron chi connectivity index (χ1n) is 7.46. The van der Waals surface area contributed by atoms with Crippen molar-refractivity contribution in [3.05, 3.63) is 23.8 Å². The molecule has 2 rings (SSSR count). The average Bonchev–Trinajstić information content (AvgIpc) is 2.46. The molecule has 0 amide bonds. The van der Waals surface area contributed by atoms with Crippen LogP contribution in [0.25, 0.3) is 0 Å². The van der Waals surface area contributed by atoms with Gasteiger partial charge in [-0.25, -0.2) is 0 Å². The third kappa shape index (κ3) is 5.02. The normalized spacial score (nSPS) is 13.8. The summed E-state index contributed by atoms with van der Waals surface area (Å²) in [7, 11) is 0. The fourth-order valence-corrected chi connectivity index (χ4v) is 2.10. The Morgan fingerprint density at radius 1 is 1.15 bits per heavy atom. The summed E-state index contributed by atoms with van der Waals surface area (Å²) >= 11 is 0. The Labute approximate surface area is 121 Å². The van der Waals surface area contributed by atoms with Gasteiger partial charge in [0.05, 0.1) is 6.10 Å². The highest BCUT2D eigenvalue weighted by atomic mass is 16.6. The van der Waals surface area contributed by atoms with E-state index in [1.54, 1.807) is 0 Å². The zero-order chi connectivity index (χ0) is 14.2. The maximum atomic E-state index is 5.58. The Bertz CT molecular complexity index is 407. The van der Waals surface area contributed by atoms with Gasteiger partial charge in [0.2, 0.25) is 0 Å². The maximum Gasteiger partial charge on any atom is 0.161 e. The summed E-state index contributed by atoms with van der Waals surface area (Å²) in [6.07, 6.45) is 2.57. The molecule has 1 aromatic carbocycles. The summed E-state index contributed by atoms with van der Waals surface area (Å²) in [6, 6.07) is 6.13. The first-order valence-corrected chi connectivity index (χ1v) is 7.46. The lowest BCUT2D eigenvalue weighted by molar-refractivity contribution is 0.0760. The third-order valence-electron chi connectivity index (χ3n) is 3.13. The summed E-state index contributed by atoms with van der Waals surface area (Å²) < 4.78 is 16.6. The maximum absolute atomic E-state index is 5.58. The number of fused-ring (bicyclic) bond motifs is 1. The molecule has 0 spiro atoms. The molecule has 1 N–H and O–H groups in total. The first kappa shape index (κ1) is 15.1. The molecular weight excluding hydrogens is 254 g/mol. The summed E-state index contributed by atoms with van der Waals surface area (Å²) in [5.74, 6) is 1.71. The van der Waals surface area contributed by atoms with E-state index in [1.807, 2.05) is 6.07 Å². The van der Waals surface area contributed by atoms with Crippen LogP contribution < -0.4 is 14.8 Å². The van der Waals surface area contributed by atoms with Crippen LogP contribution in [0.3, 0.4) is 0 Å². The van der Waals surface area contributed by atoms with Gasteiger partial charge in [-0.3, -0.25) is 0 Å². The van der Waals surface area contributed by atoms with Crippen LogP contribution in [0.4, 0.5) is 0 Å². The van der Waals surface area contributed by atoms with Crippen LogP contribution in [0, 0.1) is 0 Å². The summed E-state index contributed by atoms with van der Waals surface area (Å²) in [5.41, 5.74) is 1.23. The van der Waals surface area contributed by atoms with Gasteiger partial charge in [0, 0.05) is 13.2 Å². The molecule has 0 aromatic heterocycles. The molecule has 1 aliphatic rings. The molecule has 0 saturated carbocycles. The van der Waals surface area contributed by atoms with Gasteiger partial charge < -0.3 is 19.5 Å². The van der Waals surface area contributed by atoms with Gasteiger partial charge in [-0.05, 0) is 50.9 Å². The van der Waals surface area contributed by atoms with Crippen LogP contribution in [0.5, 0.6) is 11.5 Å². The molecule has 112 valence electrons. The molecule has 0 bridgehead atoms. The number of ether oxygens (including phenoxy) is 3. The van der Waals surface area contributed by atoms with Crippen LogP contribution in [-0.2, 0) is 11.3 Å². The Kier molecular flexibility index (Phi) is 6.15. The second-order valence-corrected chi connectivity index (χ2v) is 5.28. The minimum absolute atomic E-state index is 0.334. The van der Waals surface area contributed by atoms with Crippen molar-refractivity contribution in [1.29, 1.82) is 0 Å². The van der Waals surface area contributed by atoms with E-state index in [1.165, 1.54) is 5.56 Å². The van der Waals surface area contributed by atoms with Crippen molar-refractivity contribution < 1.29 is 14.2 Å². The van der Waals surface area contributed by atoms with Crippen molar-refractivity contribution in [3.63, 3.8) is 0 Å². The molecule has 0 fully saturated rings. The summed E-state index contributed by atoms with van der Waals surface area (Å²) in [6.45, 7) is 8.14. The second-order valence-electron chi connectivity index (χ2n) is 5.28. The SMILES string of the molecule is CC(C)OCCCCNCc1ccc2c(c1)OCCO2. The van der Waals surface area contributed by atoms with Crippen molar-refractivity contribution in [2.75, 3.05) is 26.4 Å². The van der Waals surface area contributed by atoms with Gasteiger partial charge in [-0.2, -0.15) is 0 Å². The number of hydrogen-bond acceptors (Lipinski definition) is 4. The van der Waals surface area contributed by atoms with Crippen molar-refractivity contribution in [1.82, 2.24) is 5.32 Å². The Morgan fingerprint density at radius 2 is 1.95 bits per heavy atom. The number of nitrogens with one attached hydrogen (secondary N) is 1. The molecular formula is C16H25NO3. The second kappa shape index (κ2) is 8.12. The highest BCUT2D eigenvalue weighted by Gasteiger charge is 2.11. The van der Waals surface area contributed by atoms with Crippen molar-refractivity contribution in [2.45, 2.75) is 39.3 Å². The Balaban J connectivity index is 1.62. The smallest absolute Gasteiger partial charge is 0.161 e. The molecule has 0 saturated heterocycles. The number of unbranched alkanes of at least 4 members (excludes halogenated alkanes) is 1. The van der Waals surface area contributed by atoms with Crippen LogP contribution in [-0.4, -0.2) is 32.5 Å². The minimum Gasteiger partial charge on any atom is -0.486 e. The fraction of sp³-hybridized carbons (Fsp3) is 0.625. The van der Waals surface area contributed by atoms with E-state index in [2.05, 4.69) is 31.3 Å². The van der Waals surface area contributed by atoms with E-state index >= 15 is 0 Å². The third-order valence-corrected chi connectivity index (χ3v) is 3.13. The van der Waals surface area contributed by atoms with Gasteiger partial charge >= 0.3 is 0 Å². The standard InChI is InChI=1S/C16H25NO3/c1-13(2)18-8-4-3-7-17-12-14-5-6-15-16(11-14)20-10-9-19-15/h5-6,11,13,17H,3-4,7-10,12H2,1-2H3. The fourth-order valence-electron chi connectivity index (χ4n) is 2.10. The molecule has 0 unspecified atom stereocenters. The van der Waals surface area contributed by atoms with E-state index in [0.29, 0.717) is 19.3 Å². The van der Waals surface area contributed by atoms with Gasteiger partial charge in [-0.1, -0.05) is 6.07 Å². The van der Waals surface area contributed by atoms with Gasteiger partial charge in [0.25, 0.3) is 0 Å². The van der Waals surface area contributed by atoms with Gasteiger partial charge in [0.15, 0.2) is 11.5 Å². The summed E-state index contributed by atoms with van der Waals surface area (Å²) in [4.78, 5) is 0. The lowest BCUT2D eigenvalue weighted by Crippen LogP contribution is -2.17. The first-order chi connectivity index (χ1) is 9.75. The van der Waals surface area contributed by atoms with E-state index in [4.69, 9.17) is 14.2 Å². The largest absolute Gasteiger partial charge is 0.486 e. The molecule has 0 aliphatic carbocycles. The van der Waals surface area contributed by atoms with Crippen LogP contribution in [0.15, 0.2) is 18.2 Å². The molecule has 4 heteroatoms. The predicted molar refractivity (Wildman–Crippen MR) is 79.5 cm³/mol. The lowest BCUT2D eigenvalue weighted by Gasteiger charge is -2.19. The number of rotatable bonds is 8. The topological polar surface area (TPSA) is 39.7 Å². The summed E-state index contributed by atoms with van der Waals surface area (Å²) in [5, 5.41) is 3.44. The highest BCUT2D eigenvalue weighted by Crippen LogP contribution is 2.30. The van der Waals surface area contributed by atoms with E-state index in [-0.39, 0.29) is 0 Å². The Hall–Kier alpha value is -1.26. The zero-order valence-corrected chi connectivity index (χ0v) is 12.5.